The summed E-state index contributed by atoms with van der Waals surface area (Å²) >= 11 is 0. The van der Waals surface area contributed by atoms with Crippen molar-refractivity contribution in [3.05, 3.63) is 11.9 Å². The second-order valence-corrected chi connectivity index (χ2v) is 5.35. The molecule has 0 atom stereocenters. The third-order valence-corrected chi connectivity index (χ3v) is 3.85. The molecule has 0 aromatic carbocycles. The molecule has 106 valence electrons. The van der Waals surface area contributed by atoms with Crippen LogP contribution in [0.1, 0.15) is 44.1 Å². The first-order valence-corrected chi connectivity index (χ1v) is 6.96. The van der Waals surface area contributed by atoms with Gasteiger partial charge in [0.1, 0.15) is 12.1 Å². The van der Waals surface area contributed by atoms with Crippen LogP contribution in [0.15, 0.2) is 6.33 Å². The number of ether oxygens (including phenoxy) is 1. The summed E-state index contributed by atoms with van der Waals surface area (Å²) in [4.78, 5) is 8.26. The van der Waals surface area contributed by atoms with Gasteiger partial charge in [0.05, 0.1) is 18.3 Å². The lowest BCUT2D eigenvalue weighted by atomic mass is 9.94. The second kappa shape index (κ2) is 6.19. The van der Waals surface area contributed by atoms with Crippen molar-refractivity contribution >= 4 is 5.82 Å². The first-order chi connectivity index (χ1) is 9.14. The Labute approximate surface area is 114 Å². The molecule has 0 bridgehead atoms. The molecule has 0 aliphatic heterocycles. The molecule has 1 aromatic heterocycles. The van der Waals surface area contributed by atoms with Crippen molar-refractivity contribution < 1.29 is 9.84 Å². The maximum absolute atomic E-state index is 10.6. The van der Waals surface area contributed by atoms with Crippen molar-refractivity contribution in [3.63, 3.8) is 0 Å². The van der Waals surface area contributed by atoms with Gasteiger partial charge in [-0.1, -0.05) is 25.7 Å². The van der Waals surface area contributed by atoms with Crippen LogP contribution in [0.25, 0.3) is 0 Å². The topological polar surface area (TPSA) is 67.3 Å². The molecule has 0 unspecified atom stereocenters. The quantitative estimate of drug-likeness (QED) is 0.818. The van der Waals surface area contributed by atoms with Gasteiger partial charge in [-0.25, -0.2) is 9.97 Å². The number of nitrogens with one attached hydrogen (secondary N) is 1. The predicted octanol–water partition coefficient (Wildman–Crippen LogP) is 2.29. The van der Waals surface area contributed by atoms with E-state index in [2.05, 4.69) is 15.3 Å². The fourth-order valence-corrected chi connectivity index (χ4v) is 2.63. The molecule has 0 radical (unpaired) electrons. The van der Waals surface area contributed by atoms with Crippen LogP contribution in [-0.4, -0.2) is 34.3 Å². The summed E-state index contributed by atoms with van der Waals surface area (Å²) in [7, 11) is 1.60. The highest BCUT2D eigenvalue weighted by molar-refractivity contribution is 5.47. The van der Waals surface area contributed by atoms with Gasteiger partial charge in [0.15, 0.2) is 0 Å². The number of rotatable bonds is 4. The molecule has 1 aromatic rings. The predicted molar refractivity (Wildman–Crippen MR) is 74.5 cm³/mol. The summed E-state index contributed by atoms with van der Waals surface area (Å²) in [6.45, 7) is 2.45. The number of nitrogens with zero attached hydrogens (tertiary/aromatic N) is 2. The summed E-state index contributed by atoms with van der Waals surface area (Å²) in [5.41, 5.74) is 0.267. The molecule has 19 heavy (non-hydrogen) atoms. The molecule has 1 fully saturated rings. The number of aromatic nitrogens is 2. The van der Waals surface area contributed by atoms with Crippen LogP contribution in [0.4, 0.5) is 5.82 Å². The summed E-state index contributed by atoms with van der Waals surface area (Å²) in [5, 5.41) is 13.8. The first kappa shape index (κ1) is 14.1. The van der Waals surface area contributed by atoms with E-state index in [9.17, 15) is 5.11 Å². The minimum atomic E-state index is -0.610. The van der Waals surface area contributed by atoms with E-state index in [1.165, 1.54) is 19.2 Å². The zero-order valence-electron chi connectivity index (χ0n) is 11.8. The lowest BCUT2D eigenvalue weighted by Crippen LogP contribution is -2.36. The average molecular weight is 265 g/mol. The highest BCUT2D eigenvalue weighted by Gasteiger charge is 2.28. The van der Waals surface area contributed by atoms with Gasteiger partial charge in [-0.2, -0.15) is 0 Å². The molecule has 1 aliphatic rings. The molecule has 1 heterocycles. The minimum Gasteiger partial charge on any atom is -0.481 e. The summed E-state index contributed by atoms with van der Waals surface area (Å²) in [5.74, 6) is 1.31. The molecule has 1 saturated carbocycles. The van der Waals surface area contributed by atoms with Crippen molar-refractivity contribution in [2.75, 3.05) is 19.0 Å². The number of anilines is 1. The van der Waals surface area contributed by atoms with Gasteiger partial charge < -0.3 is 15.2 Å². The SMILES string of the molecule is COc1ncnc(NCC2(O)CCCCCC2)c1C. The number of methoxy groups -OCH3 is 1. The third kappa shape index (κ3) is 3.56. The molecule has 2 rings (SSSR count). The first-order valence-electron chi connectivity index (χ1n) is 6.96. The van der Waals surface area contributed by atoms with E-state index in [0.717, 1.165) is 37.1 Å². The maximum atomic E-state index is 10.6. The Morgan fingerprint density at radius 1 is 1.26 bits per heavy atom. The van der Waals surface area contributed by atoms with Crippen molar-refractivity contribution in [3.8, 4) is 5.88 Å². The summed E-state index contributed by atoms with van der Waals surface area (Å²) in [6.07, 6.45) is 7.85. The van der Waals surface area contributed by atoms with Crippen LogP contribution < -0.4 is 10.1 Å². The Morgan fingerprint density at radius 2 is 1.95 bits per heavy atom. The van der Waals surface area contributed by atoms with E-state index in [0.29, 0.717) is 12.4 Å². The molecule has 5 heteroatoms. The Kier molecular flexibility index (Phi) is 4.58. The van der Waals surface area contributed by atoms with Gasteiger partial charge in [0.25, 0.3) is 0 Å². The molecule has 1 aliphatic carbocycles. The van der Waals surface area contributed by atoms with Crippen LogP contribution in [0, 0.1) is 6.92 Å². The molecular formula is C14H23N3O2. The van der Waals surface area contributed by atoms with Gasteiger partial charge in [0.2, 0.25) is 5.88 Å². The normalized spacial score (nSPS) is 18.7. The zero-order valence-corrected chi connectivity index (χ0v) is 11.8. The lowest BCUT2D eigenvalue weighted by Gasteiger charge is -2.27. The van der Waals surface area contributed by atoms with Crippen LogP contribution in [-0.2, 0) is 0 Å². The molecule has 0 spiro atoms. The fourth-order valence-electron chi connectivity index (χ4n) is 2.63. The van der Waals surface area contributed by atoms with E-state index in [1.807, 2.05) is 6.92 Å². The minimum absolute atomic E-state index is 0.536. The smallest absolute Gasteiger partial charge is 0.221 e. The molecule has 0 amide bonds. The van der Waals surface area contributed by atoms with Gasteiger partial charge in [-0.3, -0.25) is 0 Å². The van der Waals surface area contributed by atoms with Crippen LogP contribution in [0.3, 0.4) is 0 Å². The van der Waals surface area contributed by atoms with Gasteiger partial charge in [-0.15, -0.1) is 0 Å². The summed E-state index contributed by atoms with van der Waals surface area (Å²) < 4.78 is 5.17. The van der Waals surface area contributed by atoms with Crippen molar-refractivity contribution in [1.29, 1.82) is 0 Å². The van der Waals surface area contributed by atoms with E-state index in [-0.39, 0.29) is 0 Å². The highest BCUT2D eigenvalue weighted by atomic mass is 16.5. The van der Waals surface area contributed by atoms with Crippen molar-refractivity contribution in [2.24, 2.45) is 0 Å². The lowest BCUT2D eigenvalue weighted by molar-refractivity contribution is 0.0380. The Bertz CT molecular complexity index is 415. The van der Waals surface area contributed by atoms with Crippen molar-refractivity contribution in [1.82, 2.24) is 9.97 Å². The fraction of sp³-hybridized carbons (Fsp3) is 0.714. The Hall–Kier alpha value is -1.36. The van der Waals surface area contributed by atoms with Crippen LogP contribution in [0.2, 0.25) is 0 Å². The van der Waals surface area contributed by atoms with Gasteiger partial charge in [0, 0.05) is 6.54 Å². The highest BCUT2D eigenvalue weighted by Crippen LogP contribution is 2.28. The molecule has 0 saturated heterocycles. The molecule has 5 nitrogen and oxygen atoms in total. The van der Waals surface area contributed by atoms with Gasteiger partial charge >= 0.3 is 0 Å². The average Bonchev–Trinajstić information content (AvgIpc) is 2.63. The standard InChI is InChI=1S/C14H23N3O2/c1-11-12(16-10-17-13(11)19-2)15-9-14(18)7-5-3-4-6-8-14/h10,18H,3-9H2,1-2H3,(H,15,16,17). The second-order valence-electron chi connectivity index (χ2n) is 5.35. The van der Waals surface area contributed by atoms with Crippen LogP contribution in [0.5, 0.6) is 5.88 Å². The molecular weight excluding hydrogens is 242 g/mol. The number of aliphatic hydroxyl groups is 1. The van der Waals surface area contributed by atoms with E-state index in [4.69, 9.17) is 4.74 Å². The van der Waals surface area contributed by atoms with E-state index in [1.54, 1.807) is 7.11 Å². The maximum Gasteiger partial charge on any atom is 0.221 e. The van der Waals surface area contributed by atoms with E-state index >= 15 is 0 Å². The Morgan fingerprint density at radius 3 is 2.58 bits per heavy atom. The Balaban J connectivity index is 2.01. The third-order valence-electron chi connectivity index (χ3n) is 3.85. The number of hydrogen-bond donors (Lipinski definition) is 2. The summed E-state index contributed by atoms with van der Waals surface area (Å²) in [6, 6.07) is 0. The monoisotopic (exact) mass is 265 g/mol. The van der Waals surface area contributed by atoms with Crippen molar-refractivity contribution in [2.45, 2.75) is 51.0 Å². The number of hydrogen-bond acceptors (Lipinski definition) is 5. The van der Waals surface area contributed by atoms with Gasteiger partial charge in [-0.05, 0) is 19.8 Å². The largest absolute Gasteiger partial charge is 0.481 e. The molecule has 2 N–H and O–H groups in total. The van der Waals surface area contributed by atoms with Crippen LogP contribution >= 0.6 is 0 Å². The van der Waals surface area contributed by atoms with E-state index < -0.39 is 5.60 Å². The zero-order chi connectivity index (χ0) is 13.7.